The highest BCUT2D eigenvalue weighted by Gasteiger charge is 2.41. The van der Waals surface area contributed by atoms with E-state index < -0.39 is 0 Å². The summed E-state index contributed by atoms with van der Waals surface area (Å²) in [5.41, 5.74) is 6.84. The predicted molar refractivity (Wildman–Crippen MR) is 133 cm³/mol. The number of nitrogens with one attached hydrogen (secondary N) is 1. The fourth-order valence-electron chi connectivity index (χ4n) is 4.66. The molecule has 0 bridgehead atoms. The molecule has 1 aliphatic rings. The largest absolute Gasteiger partial charge is 0.469 e. The van der Waals surface area contributed by atoms with E-state index in [2.05, 4.69) is 70.9 Å². The second-order valence-corrected chi connectivity index (χ2v) is 8.71. The SMILES string of the molecule is CCc1ccc(-n2c(C)cc([C@@H]3[C@@H](c4ccccn4)NC(=S)N3CCC(=O)OC)c2C)cc1. The summed E-state index contributed by atoms with van der Waals surface area (Å²) in [5.74, 6) is -0.251. The normalized spacial score (nSPS) is 17.8. The van der Waals surface area contributed by atoms with Crippen LogP contribution in [-0.2, 0) is 16.0 Å². The summed E-state index contributed by atoms with van der Waals surface area (Å²) < 4.78 is 7.16. The van der Waals surface area contributed by atoms with Gasteiger partial charge in [-0.05, 0) is 73.9 Å². The number of methoxy groups -OCH3 is 1. The van der Waals surface area contributed by atoms with Gasteiger partial charge in [0.2, 0.25) is 0 Å². The van der Waals surface area contributed by atoms with E-state index in [9.17, 15) is 4.79 Å². The molecule has 1 saturated heterocycles. The Morgan fingerprint density at radius 1 is 1.18 bits per heavy atom. The van der Waals surface area contributed by atoms with Crippen molar-refractivity contribution in [3.8, 4) is 5.69 Å². The number of rotatable bonds is 7. The molecule has 3 heterocycles. The van der Waals surface area contributed by atoms with Gasteiger partial charge in [0, 0.05) is 29.8 Å². The zero-order chi connectivity index (χ0) is 23.5. The topological polar surface area (TPSA) is 59.4 Å². The van der Waals surface area contributed by atoms with Crippen LogP contribution in [0.25, 0.3) is 5.69 Å². The van der Waals surface area contributed by atoms with E-state index in [0.717, 1.165) is 29.2 Å². The minimum absolute atomic E-state index is 0.0908. The molecule has 0 saturated carbocycles. The third-order valence-corrected chi connectivity index (χ3v) is 6.73. The van der Waals surface area contributed by atoms with Crippen LogP contribution < -0.4 is 5.32 Å². The number of aryl methyl sites for hydroxylation is 2. The minimum Gasteiger partial charge on any atom is -0.469 e. The molecule has 0 radical (unpaired) electrons. The monoisotopic (exact) mass is 462 g/mol. The number of carbonyl (C=O) groups excluding carboxylic acids is 1. The third-order valence-electron chi connectivity index (χ3n) is 6.37. The van der Waals surface area contributed by atoms with E-state index in [1.54, 1.807) is 6.20 Å². The minimum atomic E-state index is -0.251. The molecule has 4 rings (SSSR count). The van der Waals surface area contributed by atoms with Gasteiger partial charge in [-0.2, -0.15) is 0 Å². The molecule has 0 spiro atoms. The molecule has 33 heavy (non-hydrogen) atoms. The van der Waals surface area contributed by atoms with Gasteiger partial charge < -0.3 is 19.5 Å². The van der Waals surface area contributed by atoms with Crippen LogP contribution in [0, 0.1) is 13.8 Å². The summed E-state index contributed by atoms with van der Waals surface area (Å²) in [6.45, 7) is 6.90. The highest BCUT2D eigenvalue weighted by Crippen LogP contribution is 2.41. The van der Waals surface area contributed by atoms with Crippen LogP contribution in [0.3, 0.4) is 0 Å². The van der Waals surface area contributed by atoms with Crippen molar-refractivity contribution in [2.45, 2.75) is 45.7 Å². The lowest BCUT2D eigenvalue weighted by Gasteiger charge is -2.28. The number of thiocarbonyl (C=S) groups is 1. The number of benzene rings is 1. The van der Waals surface area contributed by atoms with Gasteiger partial charge >= 0.3 is 5.97 Å². The highest BCUT2D eigenvalue weighted by molar-refractivity contribution is 7.80. The summed E-state index contributed by atoms with van der Waals surface area (Å²) >= 11 is 5.71. The Labute approximate surface area is 200 Å². The number of aromatic nitrogens is 2. The smallest absolute Gasteiger partial charge is 0.307 e. The first kappa shape index (κ1) is 23.0. The third kappa shape index (κ3) is 4.50. The van der Waals surface area contributed by atoms with Crippen LogP contribution in [0.1, 0.15) is 53.6 Å². The van der Waals surface area contributed by atoms with Crippen molar-refractivity contribution >= 4 is 23.3 Å². The van der Waals surface area contributed by atoms with Crippen LogP contribution in [0.5, 0.6) is 0 Å². The molecule has 2 aromatic heterocycles. The van der Waals surface area contributed by atoms with Crippen LogP contribution in [0.15, 0.2) is 54.7 Å². The lowest BCUT2D eigenvalue weighted by atomic mass is 9.96. The molecule has 1 N–H and O–H groups in total. The number of hydrogen-bond acceptors (Lipinski definition) is 4. The van der Waals surface area contributed by atoms with Crippen molar-refractivity contribution in [1.29, 1.82) is 0 Å². The standard InChI is InChI=1S/C26H30N4O2S/c1-5-19-9-11-20(12-10-19)30-17(2)16-21(18(30)3)25-24(22-8-6-7-14-27-22)28-26(33)29(25)15-13-23(31)32-4/h6-12,14,16,24-25H,5,13,15H2,1-4H3,(H,28,33)/t24-,25-/m1/s1. The van der Waals surface area contributed by atoms with Crippen LogP contribution >= 0.6 is 12.2 Å². The van der Waals surface area contributed by atoms with Gasteiger partial charge in [-0.25, -0.2) is 0 Å². The number of nitrogens with zero attached hydrogens (tertiary/aromatic N) is 3. The first-order valence-electron chi connectivity index (χ1n) is 11.3. The molecular weight excluding hydrogens is 432 g/mol. The molecule has 0 aliphatic carbocycles. The number of pyridine rings is 1. The van der Waals surface area contributed by atoms with E-state index in [1.165, 1.54) is 18.2 Å². The van der Waals surface area contributed by atoms with E-state index in [1.807, 2.05) is 18.2 Å². The second-order valence-electron chi connectivity index (χ2n) is 8.33. The number of ether oxygens (including phenoxy) is 1. The van der Waals surface area contributed by atoms with Crippen molar-refractivity contribution in [3.63, 3.8) is 0 Å². The summed E-state index contributed by atoms with van der Waals surface area (Å²) in [5, 5.41) is 4.08. The molecule has 172 valence electrons. The van der Waals surface area contributed by atoms with Gasteiger partial charge in [-0.3, -0.25) is 9.78 Å². The lowest BCUT2D eigenvalue weighted by Crippen LogP contribution is -2.32. The maximum absolute atomic E-state index is 11.9. The van der Waals surface area contributed by atoms with Gasteiger partial charge in [0.1, 0.15) is 0 Å². The van der Waals surface area contributed by atoms with E-state index in [0.29, 0.717) is 11.7 Å². The molecule has 0 unspecified atom stereocenters. The predicted octanol–water partition coefficient (Wildman–Crippen LogP) is 4.59. The summed E-state index contributed by atoms with van der Waals surface area (Å²) in [4.78, 5) is 18.6. The highest BCUT2D eigenvalue weighted by atomic mass is 32.1. The molecule has 1 aromatic carbocycles. The van der Waals surface area contributed by atoms with Gasteiger partial charge in [-0.15, -0.1) is 0 Å². The van der Waals surface area contributed by atoms with Crippen LogP contribution in [0.2, 0.25) is 0 Å². The van der Waals surface area contributed by atoms with E-state index >= 15 is 0 Å². The molecule has 0 amide bonds. The second kappa shape index (κ2) is 9.75. The molecule has 7 heteroatoms. The van der Waals surface area contributed by atoms with Gasteiger partial charge in [0.05, 0.1) is 31.3 Å². The van der Waals surface area contributed by atoms with Crippen LogP contribution in [0.4, 0.5) is 0 Å². The molecule has 2 atom stereocenters. The first-order chi connectivity index (χ1) is 15.9. The first-order valence-corrected chi connectivity index (χ1v) is 11.7. The fraction of sp³-hybridized carbons (Fsp3) is 0.346. The van der Waals surface area contributed by atoms with Crippen molar-refractivity contribution < 1.29 is 9.53 Å². The zero-order valence-electron chi connectivity index (χ0n) is 19.5. The Morgan fingerprint density at radius 2 is 1.94 bits per heavy atom. The van der Waals surface area contributed by atoms with Gasteiger partial charge in [0.15, 0.2) is 5.11 Å². The van der Waals surface area contributed by atoms with Gasteiger partial charge in [0.25, 0.3) is 0 Å². The summed E-state index contributed by atoms with van der Waals surface area (Å²) in [6, 6.07) is 16.6. The Morgan fingerprint density at radius 3 is 2.58 bits per heavy atom. The van der Waals surface area contributed by atoms with Gasteiger partial charge in [-0.1, -0.05) is 25.1 Å². The quantitative estimate of drug-likeness (QED) is 0.410. The summed E-state index contributed by atoms with van der Waals surface area (Å²) in [6.07, 6.45) is 3.08. The summed E-state index contributed by atoms with van der Waals surface area (Å²) in [7, 11) is 1.41. The fourth-order valence-corrected chi connectivity index (χ4v) is 5.00. The van der Waals surface area contributed by atoms with E-state index in [4.69, 9.17) is 17.0 Å². The average Bonchev–Trinajstić information content (AvgIpc) is 3.32. The molecule has 6 nitrogen and oxygen atoms in total. The molecule has 1 aliphatic heterocycles. The van der Waals surface area contributed by atoms with E-state index in [-0.39, 0.29) is 24.5 Å². The lowest BCUT2D eigenvalue weighted by molar-refractivity contribution is -0.140. The maximum Gasteiger partial charge on any atom is 0.307 e. The maximum atomic E-state index is 11.9. The number of hydrogen-bond donors (Lipinski definition) is 1. The van der Waals surface area contributed by atoms with Crippen molar-refractivity contribution in [2.75, 3.05) is 13.7 Å². The van der Waals surface area contributed by atoms with Crippen molar-refractivity contribution in [3.05, 3.63) is 82.9 Å². The molecular formula is C26H30N4O2S. The Balaban J connectivity index is 1.77. The molecule has 1 fully saturated rings. The Hall–Kier alpha value is -3.19. The van der Waals surface area contributed by atoms with Crippen LogP contribution in [-0.4, -0.2) is 39.2 Å². The number of esters is 1. The number of carbonyl (C=O) groups is 1. The Kier molecular flexibility index (Phi) is 6.79. The Bertz CT molecular complexity index is 1140. The molecule has 3 aromatic rings. The van der Waals surface area contributed by atoms with Crippen molar-refractivity contribution in [1.82, 2.24) is 19.8 Å². The van der Waals surface area contributed by atoms with Crippen molar-refractivity contribution in [2.24, 2.45) is 0 Å². The average molecular weight is 463 g/mol. The zero-order valence-corrected chi connectivity index (χ0v) is 20.4.